The van der Waals surface area contributed by atoms with Gasteiger partial charge in [-0.25, -0.2) is 8.42 Å². The lowest BCUT2D eigenvalue weighted by atomic mass is 10.2. The molecule has 4 rings (SSSR count). The molecule has 0 aliphatic carbocycles. The molecule has 1 saturated heterocycles. The highest BCUT2D eigenvalue weighted by Gasteiger charge is 2.31. The maximum absolute atomic E-state index is 13.2. The maximum Gasteiger partial charge on any atom is 0.246 e. The zero-order chi connectivity index (χ0) is 20.4. The first-order chi connectivity index (χ1) is 14.0. The summed E-state index contributed by atoms with van der Waals surface area (Å²) in [5.74, 6) is 1.92. The van der Waals surface area contributed by atoms with Crippen molar-refractivity contribution in [3.63, 3.8) is 0 Å². The molecule has 7 nitrogen and oxygen atoms in total. The minimum Gasteiger partial charge on any atom is -0.492 e. The van der Waals surface area contributed by atoms with Crippen LogP contribution in [0.1, 0.15) is 12.5 Å². The fraction of sp³-hybridized carbons (Fsp3) is 0.400. The van der Waals surface area contributed by atoms with Crippen LogP contribution in [0, 0.1) is 0 Å². The van der Waals surface area contributed by atoms with Gasteiger partial charge in [0.25, 0.3) is 0 Å². The molecule has 0 spiro atoms. The molecule has 0 aromatic heterocycles. The number of nitrogens with zero attached hydrogens (tertiary/aromatic N) is 2. The molecule has 2 aromatic rings. The highest BCUT2D eigenvalue weighted by molar-refractivity contribution is 9.10. The normalized spacial score (nSPS) is 17.4. The van der Waals surface area contributed by atoms with E-state index in [2.05, 4.69) is 20.8 Å². The number of benzene rings is 2. The van der Waals surface area contributed by atoms with E-state index < -0.39 is 10.0 Å². The molecule has 2 heterocycles. The largest absolute Gasteiger partial charge is 0.492 e. The smallest absolute Gasteiger partial charge is 0.246 e. The number of rotatable bonds is 6. The van der Waals surface area contributed by atoms with Gasteiger partial charge in [-0.1, -0.05) is 22.0 Å². The van der Waals surface area contributed by atoms with E-state index in [0.717, 1.165) is 23.6 Å². The van der Waals surface area contributed by atoms with Gasteiger partial charge in [-0.2, -0.15) is 4.31 Å². The number of hydrogen-bond acceptors (Lipinski definition) is 6. The Bertz CT molecular complexity index is 990. The van der Waals surface area contributed by atoms with Crippen LogP contribution in [-0.4, -0.2) is 57.2 Å². The second-order valence-electron chi connectivity index (χ2n) is 6.89. The van der Waals surface area contributed by atoms with Gasteiger partial charge >= 0.3 is 0 Å². The molecular weight excluding hydrogens is 460 g/mol. The van der Waals surface area contributed by atoms with Crippen molar-refractivity contribution in [3.8, 4) is 17.2 Å². The van der Waals surface area contributed by atoms with Crippen molar-refractivity contribution in [1.29, 1.82) is 0 Å². The Morgan fingerprint density at radius 2 is 1.79 bits per heavy atom. The van der Waals surface area contributed by atoms with Crippen LogP contribution in [0.4, 0.5) is 0 Å². The van der Waals surface area contributed by atoms with Crippen molar-refractivity contribution in [2.24, 2.45) is 0 Å². The third-order valence-corrected chi connectivity index (χ3v) is 7.41. The summed E-state index contributed by atoms with van der Waals surface area (Å²) in [6.45, 7) is 5.44. The first kappa shape index (κ1) is 20.5. The number of fused-ring (bicyclic) bond motifs is 1. The van der Waals surface area contributed by atoms with E-state index in [0.29, 0.717) is 43.0 Å². The molecule has 0 unspecified atom stereocenters. The summed E-state index contributed by atoms with van der Waals surface area (Å²) < 4.78 is 45.0. The van der Waals surface area contributed by atoms with Gasteiger partial charge < -0.3 is 14.2 Å². The second-order valence-corrected chi connectivity index (χ2v) is 9.71. The molecule has 2 aliphatic rings. The minimum absolute atomic E-state index is 0.206. The maximum atomic E-state index is 13.2. The minimum atomic E-state index is -3.63. The van der Waals surface area contributed by atoms with E-state index in [1.54, 1.807) is 18.2 Å². The molecule has 1 fully saturated rings. The predicted octanol–water partition coefficient (Wildman–Crippen LogP) is 3.08. The van der Waals surface area contributed by atoms with Gasteiger partial charge in [0.05, 0.1) is 6.61 Å². The van der Waals surface area contributed by atoms with Gasteiger partial charge in [0.15, 0.2) is 11.5 Å². The van der Waals surface area contributed by atoms with Crippen LogP contribution >= 0.6 is 15.9 Å². The lowest BCUT2D eigenvalue weighted by molar-refractivity contribution is 0.173. The van der Waals surface area contributed by atoms with Crippen LogP contribution < -0.4 is 14.2 Å². The lowest BCUT2D eigenvalue weighted by Gasteiger charge is -2.34. The average Bonchev–Trinajstić information content (AvgIpc) is 3.18. The molecule has 0 atom stereocenters. The van der Waals surface area contributed by atoms with Crippen LogP contribution in [0.3, 0.4) is 0 Å². The summed E-state index contributed by atoms with van der Waals surface area (Å²) in [7, 11) is -3.63. The summed E-state index contributed by atoms with van der Waals surface area (Å²) in [6.07, 6.45) is 0. The molecule has 0 N–H and O–H groups in total. The number of ether oxygens (including phenoxy) is 3. The Morgan fingerprint density at radius 3 is 2.55 bits per heavy atom. The number of sulfonamides is 1. The molecule has 29 heavy (non-hydrogen) atoms. The molecule has 2 aliphatic heterocycles. The zero-order valence-corrected chi connectivity index (χ0v) is 18.5. The summed E-state index contributed by atoms with van der Waals surface area (Å²) >= 11 is 3.37. The molecule has 9 heteroatoms. The van der Waals surface area contributed by atoms with Gasteiger partial charge in [0, 0.05) is 37.2 Å². The highest BCUT2D eigenvalue weighted by Crippen LogP contribution is 2.33. The summed E-state index contributed by atoms with van der Waals surface area (Å²) in [4.78, 5) is 2.45. The Labute approximate surface area is 179 Å². The number of hydrogen-bond donors (Lipinski definition) is 0. The third-order valence-electron chi connectivity index (χ3n) is 5.00. The van der Waals surface area contributed by atoms with Crippen LogP contribution in [0.15, 0.2) is 45.8 Å². The molecule has 0 saturated carbocycles. The predicted molar refractivity (Wildman–Crippen MR) is 112 cm³/mol. The number of halogens is 1. The van der Waals surface area contributed by atoms with Gasteiger partial charge in [0.2, 0.25) is 16.8 Å². The first-order valence-electron chi connectivity index (χ1n) is 9.51. The van der Waals surface area contributed by atoms with Gasteiger partial charge in [-0.15, -0.1) is 0 Å². The van der Waals surface area contributed by atoms with Crippen LogP contribution in [0.5, 0.6) is 17.2 Å². The molecule has 0 bridgehead atoms. The molecule has 0 amide bonds. The van der Waals surface area contributed by atoms with Crippen molar-refractivity contribution in [3.05, 3.63) is 46.4 Å². The zero-order valence-electron chi connectivity index (χ0n) is 16.1. The van der Waals surface area contributed by atoms with E-state index in [1.165, 1.54) is 4.31 Å². The van der Waals surface area contributed by atoms with E-state index in [-0.39, 0.29) is 11.7 Å². The lowest BCUT2D eigenvalue weighted by Crippen LogP contribution is -2.48. The summed E-state index contributed by atoms with van der Waals surface area (Å²) in [5, 5.41) is 0. The fourth-order valence-corrected chi connectivity index (χ4v) is 5.61. The van der Waals surface area contributed by atoms with E-state index in [4.69, 9.17) is 14.2 Å². The van der Waals surface area contributed by atoms with E-state index >= 15 is 0 Å². The van der Waals surface area contributed by atoms with E-state index in [1.807, 2.05) is 25.1 Å². The number of piperazine rings is 1. The molecular formula is C20H23BrN2O5S. The SMILES string of the molecule is CCOc1ccc(Br)cc1S(=O)(=O)N1CCN(Cc2ccc3c(c2)OCO3)CC1. The summed E-state index contributed by atoms with van der Waals surface area (Å²) in [6, 6.07) is 11.0. The quantitative estimate of drug-likeness (QED) is 0.629. The standard InChI is InChI=1S/C20H23BrN2O5S/c1-2-26-18-6-4-16(21)12-20(18)29(24,25)23-9-7-22(8-10-23)13-15-3-5-17-19(11-15)28-14-27-17/h3-6,11-12H,2,7-10,13-14H2,1H3. The van der Waals surface area contributed by atoms with Crippen molar-refractivity contribution < 1.29 is 22.6 Å². The highest BCUT2D eigenvalue weighted by atomic mass is 79.9. The van der Waals surface area contributed by atoms with Crippen LogP contribution in [0.2, 0.25) is 0 Å². The fourth-order valence-electron chi connectivity index (χ4n) is 3.52. The van der Waals surface area contributed by atoms with Crippen LogP contribution in [0.25, 0.3) is 0 Å². The van der Waals surface area contributed by atoms with Crippen molar-refractivity contribution >= 4 is 26.0 Å². The molecule has 0 radical (unpaired) electrons. The molecule has 2 aromatic carbocycles. The Kier molecular flexibility index (Phi) is 6.00. The monoisotopic (exact) mass is 482 g/mol. The Hall–Kier alpha value is -1.81. The summed E-state index contributed by atoms with van der Waals surface area (Å²) in [5.41, 5.74) is 1.12. The van der Waals surface area contributed by atoms with Crippen LogP contribution in [-0.2, 0) is 16.6 Å². The first-order valence-corrected chi connectivity index (χ1v) is 11.7. The van der Waals surface area contributed by atoms with Gasteiger partial charge in [-0.3, -0.25) is 4.90 Å². The Morgan fingerprint density at radius 1 is 1.03 bits per heavy atom. The third kappa shape index (κ3) is 4.37. The second kappa shape index (κ2) is 8.51. The molecule has 156 valence electrons. The van der Waals surface area contributed by atoms with Crippen molar-refractivity contribution in [2.75, 3.05) is 39.6 Å². The average molecular weight is 483 g/mol. The van der Waals surface area contributed by atoms with Gasteiger partial charge in [-0.05, 0) is 42.8 Å². The van der Waals surface area contributed by atoms with E-state index in [9.17, 15) is 8.42 Å². The topological polar surface area (TPSA) is 68.3 Å². The van der Waals surface area contributed by atoms with Gasteiger partial charge in [0.1, 0.15) is 10.6 Å². The van der Waals surface area contributed by atoms with Crippen molar-refractivity contribution in [2.45, 2.75) is 18.4 Å². The Balaban J connectivity index is 1.43. The van der Waals surface area contributed by atoms with Crippen molar-refractivity contribution in [1.82, 2.24) is 9.21 Å².